The molecule has 73 heavy (non-hydrogen) atoms. The van der Waals surface area contributed by atoms with E-state index in [1.807, 2.05) is 212 Å². The van der Waals surface area contributed by atoms with E-state index in [-0.39, 0.29) is 46.2 Å². The molecule has 0 amide bonds. The third-order valence-electron chi connectivity index (χ3n) is 12.9. The molecular weight excluding hydrogens is 921 g/mol. The van der Waals surface area contributed by atoms with Crippen molar-refractivity contribution in [1.82, 2.24) is 0 Å². The van der Waals surface area contributed by atoms with Gasteiger partial charge in [-0.25, -0.2) is 0 Å². The highest BCUT2D eigenvalue weighted by molar-refractivity contribution is 5.19. The summed E-state index contributed by atoms with van der Waals surface area (Å²) < 4.78 is 75.8. The van der Waals surface area contributed by atoms with Crippen molar-refractivity contribution < 1.29 is 52.1 Å². The Morgan fingerprint density at radius 3 is 0.863 bits per heavy atom. The van der Waals surface area contributed by atoms with Gasteiger partial charge in [-0.3, -0.25) is 0 Å². The van der Waals surface area contributed by atoms with Crippen LogP contribution in [-0.2, 0) is 98.4 Å². The smallest absolute Gasteiger partial charge is 0.187 e. The minimum atomic E-state index is -1.10. The number of hydrogen-bond acceptors (Lipinski definition) is 11. The standard InChI is InChI=1S/C62H66O11/c1-63-61-60(58(69-42-51-33-19-7-20-34-51)56(67-40-49-29-15-5-16-30-49)53(71-61)44-64-37-46-23-9-2-10-24-46)73-62-59(70-43-52-35-21-8-22-36-52)57(68-41-50-31-17-6-18-32-50)55(66-39-48-27-13-4-14-28-48)54(72-62)45-65-38-47-25-11-3-12-26-47/h2-36,53-62H,37-45H2,1H3/t53?,54?,55-,56-,57+,58+,59?,60?,61+,62-/m0/s1. The van der Waals surface area contributed by atoms with Crippen LogP contribution in [0.2, 0.25) is 0 Å². The van der Waals surface area contributed by atoms with Crippen LogP contribution >= 0.6 is 0 Å². The monoisotopic (exact) mass is 986 g/mol. The summed E-state index contributed by atoms with van der Waals surface area (Å²) in [5.41, 5.74) is 6.97. The van der Waals surface area contributed by atoms with Gasteiger partial charge in [0.25, 0.3) is 0 Å². The molecule has 0 saturated carbocycles. The van der Waals surface area contributed by atoms with E-state index in [1.54, 1.807) is 7.11 Å². The molecule has 2 heterocycles. The second-order valence-corrected chi connectivity index (χ2v) is 18.2. The topological polar surface area (TPSA) is 102 Å². The van der Waals surface area contributed by atoms with Gasteiger partial charge in [-0.2, -0.15) is 0 Å². The average Bonchev–Trinajstić information content (AvgIpc) is 3.45. The third-order valence-corrected chi connectivity index (χ3v) is 12.9. The van der Waals surface area contributed by atoms with Crippen molar-refractivity contribution in [1.29, 1.82) is 0 Å². The molecule has 2 aliphatic heterocycles. The maximum atomic E-state index is 7.40. The van der Waals surface area contributed by atoms with Gasteiger partial charge in [-0.05, 0) is 38.9 Å². The summed E-state index contributed by atoms with van der Waals surface area (Å²) in [6.07, 6.45) is -8.11. The van der Waals surface area contributed by atoms with Crippen LogP contribution in [-0.4, -0.2) is 81.7 Å². The first kappa shape index (κ1) is 52.0. The number of ether oxygens (including phenoxy) is 11. The lowest BCUT2D eigenvalue weighted by molar-refractivity contribution is -0.381. The fourth-order valence-corrected chi connectivity index (χ4v) is 9.15. The lowest BCUT2D eigenvalue weighted by Gasteiger charge is -2.50. The van der Waals surface area contributed by atoms with Gasteiger partial charge in [0.15, 0.2) is 12.6 Å². The lowest BCUT2D eigenvalue weighted by Crippen LogP contribution is -2.66. The fourth-order valence-electron chi connectivity index (χ4n) is 9.15. The molecule has 0 bridgehead atoms. The number of rotatable bonds is 26. The Kier molecular flexibility index (Phi) is 19.9. The molecule has 2 fully saturated rings. The van der Waals surface area contributed by atoms with Crippen molar-refractivity contribution in [2.24, 2.45) is 0 Å². The molecule has 0 aliphatic carbocycles. The summed E-state index contributed by atoms with van der Waals surface area (Å²) in [7, 11) is 1.60. The van der Waals surface area contributed by atoms with Crippen molar-refractivity contribution in [2.75, 3.05) is 20.3 Å². The van der Waals surface area contributed by atoms with Crippen molar-refractivity contribution in [3.63, 3.8) is 0 Å². The summed E-state index contributed by atoms with van der Waals surface area (Å²) >= 11 is 0. The normalized spacial score (nSPS) is 24.0. The predicted octanol–water partition coefficient (Wildman–Crippen LogP) is 10.8. The first-order chi connectivity index (χ1) is 36.2. The molecule has 2 saturated heterocycles. The van der Waals surface area contributed by atoms with Gasteiger partial charge in [0.05, 0.1) is 59.5 Å². The highest BCUT2D eigenvalue weighted by atomic mass is 16.8. The largest absolute Gasteiger partial charge is 0.374 e. The molecule has 0 spiro atoms. The van der Waals surface area contributed by atoms with Crippen molar-refractivity contribution >= 4 is 0 Å². The van der Waals surface area contributed by atoms with E-state index in [9.17, 15) is 0 Å². The Morgan fingerprint density at radius 2 is 0.548 bits per heavy atom. The molecule has 10 atom stereocenters. The summed E-state index contributed by atoms with van der Waals surface area (Å²) in [6.45, 7) is 2.38. The Morgan fingerprint density at radius 1 is 0.288 bits per heavy atom. The second kappa shape index (κ2) is 28.0. The Bertz CT molecular complexity index is 2560. The van der Waals surface area contributed by atoms with E-state index in [2.05, 4.69) is 0 Å². The second-order valence-electron chi connectivity index (χ2n) is 18.2. The van der Waals surface area contributed by atoms with E-state index < -0.39 is 61.4 Å². The lowest BCUT2D eigenvalue weighted by atomic mass is 9.96. The Balaban J connectivity index is 1.09. The maximum Gasteiger partial charge on any atom is 0.187 e. The summed E-state index contributed by atoms with van der Waals surface area (Å²) in [4.78, 5) is 0. The van der Waals surface area contributed by atoms with Crippen LogP contribution in [0, 0.1) is 0 Å². The zero-order valence-corrected chi connectivity index (χ0v) is 41.3. The van der Waals surface area contributed by atoms with Crippen LogP contribution in [0.15, 0.2) is 212 Å². The summed E-state index contributed by atoms with van der Waals surface area (Å²) in [5.74, 6) is 0. The minimum Gasteiger partial charge on any atom is -0.374 e. The maximum absolute atomic E-state index is 7.40. The SMILES string of the molecule is CO[C@@H]1OC(COCc2ccccc2)[C@H](OCc2ccccc2)[C@@H](OCc2ccccc2)C1O[C@@H]1OC(COCc2ccccc2)[C@H](OCc2ccccc2)[C@@H](OCc2ccccc2)C1OCc1ccccc1. The molecule has 2 aliphatic rings. The molecule has 0 radical (unpaired) electrons. The van der Waals surface area contributed by atoms with Gasteiger partial charge >= 0.3 is 0 Å². The molecule has 7 aromatic carbocycles. The van der Waals surface area contributed by atoms with Gasteiger partial charge in [0.1, 0.15) is 48.8 Å². The first-order valence-corrected chi connectivity index (χ1v) is 25.2. The molecule has 0 aromatic heterocycles. The molecule has 11 heteroatoms. The van der Waals surface area contributed by atoms with E-state index in [0.29, 0.717) is 13.2 Å². The van der Waals surface area contributed by atoms with E-state index in [4.69, 9.17) is 52.1 Å². The molecule has 11 nitrogen and oxygen atoms in total. The highest BCUT2D eigenvalue weighted by Crippen LogP contribution is 2.37. The zero-order valence-electron chi connectivity index (χ0n) is 41.3. The van der Waals surface area contributed by atoms with Gasteiger partial charge < -0.3 is 52.1 Å². The van der Waals surface area contributed by atoms with Crippen LogP contribution in [0.3, 0.4) is 0 Å². The molecule has 7 aromatic rings. The minimum absolute atomic E-state index is 0.150. The van der Waals surface area contributed by atoms with Crippen molar-refractivity contribution in [2.45, 2.75) is 108 Å². The Hall–Kier alpha value is -5.90. The van der Waals surface area contributed by atoms with Crippen molar-refractivity contribution in [3.8, 4) is 0 Å². The zero-order chi connectivity index (χ0) is 49.7. The van der Waals surface area contributed by atoms with Gasteiger partial charge in [0.2, 0.25) is 0 Å². The number of methoxy groups -OCH3 is 1. The van der Waals surface area contributed by atoms with E-state index in [1.165, 1.54) is 0 Å². The van der Waals surface area contributed by atoms with Crippen LogP contribution in [0.1, 0.15) is 38.9 Å². The van der Waals surface area contributed by atoms with Crippen LogP contribution in [0.4, 0.5) is 0 Å². The fraction of sp³-hybridized carbons (Fsp3) is 0.323. The Labute approximate surface area is 429 Å². The average molecular weight is 987 g/mol. The molecule has 9 rings (SSSR count). The quantitative estimate of drug-likeness (QED) is 0.0518. The number of benzene rings is 7. The molecule has 380 valence electrons. The van der Waals surface area contributed by atoms with Crippen LogP contribution < -0.4 is 0 Å². The van der Waals surface area contributed by atoms with E-state index in [0.717, 1.165) is 38.9 Å². The summed E-state index contributed by atoms with van der Waals surface area (Å²) in [5, 5.41) is 0. The van der Waals surface area contributed by atoms with E-state index >= 15 is 0 Å². The molecular formula is C62H66O11. The summed E-state index contributed by atoms with van der Waals surface area (Å²) in [6, 6.07) is 70.4. The molecule has 4 unspecified atom stereocenters. The number of hydrogen-bond donors (Lipinski definition) is 0. The van der Waals surface area contributed by atoms with Crippen LogP contribution in [0.5, 0.6) is 0 Å². The van der Waals surface area contributed by atoms with Gasteiger partial charge in [-0.1, -0.05) is 212 Å². The van der Waals surface area contributed by atoms with Gasteiger partial charge in [0, 0.05) is 7.11 Å². The van der Waals surface area contributed by atoms with Crippen molar-refractivity contribution in [3.05, 3.63) is 251 Å². The highest BCUT2D eigenvalue weighted by Gasteiger charge is 2.54. The third kappa shape index (κ3) is 15.3. The predicted molar refractivity (Wildman–Crippen MR) is 276 cm³/mol. The van der Waals surface area contributed by atoms with Crippen LogP contribution in [0.25, 0.3) is 0 Å². The van der Waals surface area contributed by atoms with Gasteiger partial charge in [-0.15, -0.1) is 0 Å². The first-order valence-electron chi connectivity index (χ1n) is 25.2. The molecule has 0 N–H and O–H groups in total.